The molecule has 0 radical (unpaired) electrons. The van der Waals surface area contributed by atoms with Crippen molar-refractivity contribution in [1.82, 2.24) is 4.90 Å². The molecule has 2 aromatic rings. The van der Waals surface area contributed by atoms with E-state index in [0.29, 0.717) is 18.0 Å². The maximum atomic E-state index is 13.0. The van der Waals surface area contributed by atoms with Crippen molar-refractivity contribution >= 4 is 17.7 Å². The minimum Gasteiger partial charge on any atom is -0.465 e. The number of nitrogens with one attached hydrogen (secondary N) is 1. The van der Waals surface area contributed by atoms with Crippen molar-refractivity contribution < 1.29 is 14.7 Å². The van der Waals surface area contributed by atoms with Crippen LogP contribution >= 0.6 is 0 Å². The van der Waals surface area contributed by atoms with Crippen LogP contribution in [0, 0.1) is 5.92 Å². The van der Waals surface area contributed by atoms with Gasteiger partial charge in [0.15, 0.2) is 0 Å². The molecule has 3 rings (SSSR count). The number of carbonyl (C=O) groups is 2. The third-order valence-corrected chi connectivity index (χ3v) is 5.26. The standard InChI is InChI=1S/C23H29N3O3/c1-15(2)12-21(26(23(28)29)14-16-6-4-3-5-7-16)22(27)25-18-10-8-17(9-11-18)19-13-20(19)24/h3-11,15,19-21H,12-14,24H2,1-2H3,(H,25,27)(H,28,29)/t19-,20+,21?/m0/s1. The summed E-state index contributed by atoms with van der Waals surface area (Å²) in [4.78, 5) is 26.2. The highest BCUT2D eigenvalue weighted by molar-refractivity contribution is 5.96. The minimum absolute atomic E-state index is 0.166. The lowest BCUT2D eigenvalue weighted by atomic mass is 10.0. The smallest absolute Gasteiger partial charge is 0.408 e. The summed E-state index contributed by atoms with van der Waals surface area (Å²) in [5.74, 6) is 0.261. The lowest BCUT2D eigenvalue weighted by molar-refractivity contribution is -0.121. The van der Waals surface area contributed by atoms with Gasteiger partial charge in [-0.2, -0.15) is 0 Å². The van der Waals surface area contributed by atoms with E-state index < -0.39 is 12.1 Å². The molecule has 0 aliphatic heterocycles. The number of carbonyl (C=O) groups excluding carboxylic acids is 1. The Kier molecular flexibility index (Phi) is 6.54. The number of carboxylic acid groups (broad SMARTS) is 1. The fourth-order valence-corrected chi connectivity index (χ4v) is 3.55. The van der Waals surface area contributed by atoms with Gasteiger partial charge in [-0.05, 0) is 42.0 Å². The van der Waals surface area contributed by atoms with Crippen molar-refractivity contribution in [3.8, 4) is 0 Å². The van der Waals surface area contributed by atoms with Crippen molar-refractivity contribution in [3.05, 3.63) is 65.7 Å². The Hall–Kier alpha value is -2.86. The third-order valence-electron chi connectivity index (χ3n) is 5.26. The van der Waals surface area contributed by atoms with Crippen LogP contribution in [0.3, 0.4) is 0 Å². The van der Waals surface area contributed by atoms with Gasteiger partial charge >= 0.3 is 6.09 Å². The number of anilines is 1. The summed E-state index contributed by atoms with van der Waals surface area (Å²) in [6.07, 6.45) is 0.336. The van der Waals surface area contributed by atoms with Gasteiger partial charge in [0.1, 0.15) is 6.04 Å². The first-order valence-corrected chi connectivity index (χ1v) is 10.0. The number of nitrogens with zero attached hydrogens (tertiary/aromatic N) is 1. The third kappa shape index (κ3) is 5.57. The van der Waals surface area contributed by atoms with E-state index in [1.165, 1.54) is 10.5 Å². The molecular formula is C23H29N3O3. The maximum Gasteiger partial charge on any atom is 0.408 e. The molecule has 0 spiro atoms. The van der Waals surface area contributed by atoms with Gasteiger partial charge in [0, 0.05) is 24.2 Å². The lowest BCUT2D eigenvalue weighted by Gasteiger charge is -2.30. The fraction of sp³-hybridized carbons (Fsp3) is 0.391. The second-order valence-corrected chi connectivity index (χ2v) is 8.16. The number of amides is 2. The molecule has 0 saturated heterocycles. The molecule has 1 fully saturated rings. The molecule has 0 aromatic heterocycles. The molecule has 2 aromatic carbocycles. The van der Waals surface area contributed by atoms with Gasteiger partial charge in [0.05, 0.1) is 0 Å². The van der Waals surface area contributed by atoms with Crippen molar-refractivity contribution in [2.75, 3.05) is 5.32 Å². The molecule has 1 saturated carbocycles. The predicted octanol–water partition coefficient (Wildman–Crippen LogP) is 4.03. The van der Waals surface area contributed by atoms with Gasteiger partial charge in [0.25, 0.3) is 0 Å². The van der Waals surface area contributed by atoms with Crippen LogP contribution in [-0.4, -0.2) is 34.1 Å². The zero-order valence-corrected chi connectivity index (χ0v) is 16.9. The summed E-state index contributed by atoms with van der Waals surface area (Å²) in [5, 5.41) is 12.7. The zero-order valence-electron chi connectivity index (χ0n) is 16.9. The van der Waals surface area contributed by atoms with E-state index in [1.54, 1.807) is 0 Å². The number of benzene rings is 2. The molecule has 1 aliphatic rings. The Bertz CT molecular complexity index is 836. The normalized spacial score (nSPS) is 18.9. The molecule has 4 N–H and O–H groups in total. The Morgan fingerprint density at radius 2 is 1.76 bits per heavy atom. The van der Waals surface area contributed by atoms with E-state index in [4.69, 9.17) is 5.73 Å². The first kappa shape index (κ1) is 20.9. The number of nitrogens with two attached hydrogens (primary N) is 1. The van der Waals surface area contributed by atoms with Crippen LogP contribution in [-0.2, 0) is 11.3 Å². The summed E-state index contributed by atoms with van der Waals surface area (Å²) >= 11 is 0. The SMILES string of the molecule is CC(C)CC(C(=O)Nc1ccc([C@@H]2C[C@H]2N)cc1)N(Cc1ccccc1)C(=O)O. The summed E-state index contributed by atoms with van der Waals surface area (Å²) in [5.41, 5.74) is 8.58. The molecule has 1 aliphatic carbocycles. The monoisotopic (exact) mass is 395 g/mol. The Labute approximate surface area is 171 Å². The van der Waals surface area contributed by atoms with Crippen LogP contribution < -0.4 is 11.1 Å². The van der Waals surface area contributed by atoms with Crippen LogP contribution in [0.25, 0.3) is 0 Å². The van der Waals surface area contributed by atoms with E-state index >= 15 is 0 Å². The lowest BCUT2D eigenvalue weighted by Crippen LogP contribution is -2.47. The molecule has 154 valence electrons. The van der Waals surface area contributed by atoms with Crippen LogP contribution in [0.1, 0.15) is 43.7 Å². The highest BCUT2D eigenvalue weighted by atomic mass is 16.4. The Balaban J connectivity index is 1.74. The summed E-state index contributed by atoms with van der Waals surface area (Å²) in [6.45, 7) is 4.13. The topological polar surface area (TPSA) is 95.7 Å². The average molecular weight is 396 g/mol. The van der Waals surface area contributed by atoms with Crippen LogP contribution in [0.2, 0.25) is 0 Å². The van der Waals surface area contributed by atoms with E-state index in [1.807, 2.05) is 68.4 Å². The summed E-state index contributed by atoms with van der Waals surface area (Å²) in [6, 6.07) is 16.4. The van der Waals surface area contributed by atoms with Gasteiger partial charge in [-0.3, -0.25) is 9.69 Å². The summed E-state index contributed by atoms with van der Waals surface area (Å²) < 4.78 is 0. The molecule has 6 nitrogen and oxygen atoms in total. The summed E-state index contributed by atoms with van der Waals surface area (Å²) in [7, 11) is 0. The first-order valence-electron chi connectivity index (χ1n) is 10.0. The highest BCUT2D eigenvalue weighted by Crippen LogP contribution is 2.39. The van der Waals surface area contributed by atoms with Gasteiger partial charge in [-0.15, -0.1) is 0 Å². The molecule has 6 heteroatoms. The maximum absolute atomic E-state index is 13.0. The van der Waals surface area contributed by atoms with Crippen LogP contribution in [0.5, 0.6) is 0 Å². The van der Waals surface area contributed by atoms with Crippen LogP contribution in [0.15, 0.2) is 54.6 Å². The Morgan fingerprint density at radius 1 is 1.14 bits per heavy atom. The Morgan fingerprint density at radius 3 is 2.28 bits per heavy atom. The second kappa shape index (κ2) is 9.09. The van der Waals surface area contributed by atoms with E-state index in [9.17, 15) is 14.7 Å². The van der Waals surface area contributed by atoms with Crippen molar-refractivity contribution in [2.45, 2.75) is 51.2 Å². The van der Waals surface area contributed by atoms with Gasteiger partial charge in [-0.1, -0.05) is 56.3 Å². The zero-order chi connectivity index (χ0) is 21.0. The predicted molar refractivity (Wildman–Crippen MR) is 114 cm³/mol. The molecule has 29 heavy (non-hydrogen) atoms. The highest BCUT2D eigenvalue weighted by Gasteiger charge is 2.35. The van der Waals surface area contributed by atoms with E-state index in [-0.39, 0.29) is 24.4 Å². The number of hydrogen-bond donors (Lipinski definition) is 3. The van der Waals surface area contributed by atoms with E-state index in [0.717, 1.165) is 12.0 Å². The molecule has 0 bridgehead atoms. The first-order chi connectivity index (χ1) is 13.8. The fourth-order valence-electron chi connectivity index (χ4n) is 3.55. The molecule has 0 heterocycles. The van der Waals surface area contributed by atoms with Crippen molar-refractivity contribution in [3.63, 3.8) is 0 Å². The largest absolute Gasteiger partial charge is 0.465 e. The average Bonchev–Trinajstić information content (AvgIpc) is 3.42. The van der Waals surface area contributed by atoms with Crippen molar-refractivity contribution in [1.29, 1.82) is 0 Å². The quantitative estimate of drug-likeness (QED) is 0.629. The van der Waals surface area contributed by atoms with Crippen LogP contribution in [0.4, 0.5) is 10.5 Å². The number of rotatable bonds is 8. The van der Waals surface area contributed by atoms with Gasteiger partial charge in [0.2, 0.25) is 5.91 Å². The van der Waals surface area contributed by atoms with Gasteiger partial charge in [-0.25, -0.2) is 4.79 Å². The molecule has 3 atom stereocenters. The molecule has 2 amide bonds. The second-order valence-electron chi connectivity index (χ2n) is 8.16. The number of hydrogen-bond acceptors (Lipinski definition) is 3. The molecular weight excluding hydrogens is 366 g/mol. The minimum atomic E-state index is -1.10. The van der Waals surface area contributed by atoms with Crippen molar-refractivity contribution in [2.24, 2.45) is 11.7 Å². The van der Waals surface area contributed by atoms with E-state index in [2.05, 4.69) is 5.32 Å². The van der Waals surface area contributed by atoms with Gasteiger partial charge < -0.3 is 16.2 Å². The molecule has 1 unspecified atom stereocenters.